The van der Waals surface area contributed by atoms with Crippen molar-refractivity contribution in [3.63, 3.8) is 0 Å². The van der Waals surface area contributed by atoms with E-state index in [1.54, 1.807) is 5.38 Å². The number of nitrogens with zero attached hydrogens (tertiary/aromatic N) is 1. The quantitative estimate of drug-likeness (QED) is 0.744. The molecule has 21 heavy (non-hydrogen) atoms. The van der Waals surface area contributed by atoms with E-state index in [2.05, 4.69) is 26.2 Å². The number of rotatable bonds is 6. The Bertz CT molecular complexity index is 660. The number of halogens is 1. The number of carbonyl (C=O) groups excluding carboxylic acids is 1. The van der Waals surface area contributed by atoms with Gasteiger partial charge in [0.25, 0.3) is 0 Å². The fourth-order valence-corrected chi connectivity index (χ4v) is 3.53. The van der Waals surface area contributed by atoms with Crippen LogP contribution in [0.15, 0.2) is 38.5 Å². The lowest BCUT2D eigenvalue weighted by Crippen LogP contribution is -2.13. The number of carbonyl (C=O) groups is 2. The van der Waals surface area contributed by atoms with Crippen molar-refractivity contribution in [3.05, 3.63) is 39.8 Å². The molecule has 1 heterocycles. The van der Waals surface area contributed by atoms with Crippen molar-refractivity contribution in [2.45, 2.75) is 10.8 Å². The summed E-state index contributed by atoms with van der Waals surface area (Å²) in [5.41, 5.74) is 1.24. The van der Waals surface area contributed by atoms with Crippen LogP contribution in [0, 0.1) is 0 Å². The summed E-state index contributed by atoms with van der Waals surface area (Å²) in [6, 6.07) is 7.34. The van der Waals surface area contributed by atoms with Crippen LogP contribution >= 0.6 is 39.0 Å². The molecule has 0 saturated carbocycles. The van der Waals surface area contributed by atoms with Crippen molar-refractivity contribution in [3.8, 4) is 0 Å². The number of aliphatic carboxylic acids is 1. The first-order chi connectivity index (χ1) is 10.0. The average molecular weight is 387 g/mol. The molecule has 1 aromatic carbocycles. The molecular weight excluding hydrogens is 376 g/mol. The fourth-order valence-electron chi connectivity index (χ4n) is 1.48. The van der Waals surface area contributed by atoms with E-state index in [1.807, 2.05) is 24.3 Å². The second-order valence-electron chi connectivity index (χ2n) is 4.02. The predicted octanol–water partition coefficient (Wildman–Crippen LogP) is 3.26. The Morgan fingerprint density at radius 3 is 2.95 bits per heavy atom. The summed E-state index contributed by atoms with van der Waals surface area (Å²) in [4.78, 5) is 26.5. The van der Waals surface area contributed by atoms with Crippen molar-refractivity contribution >= 4 is 56.6 Å². The van der Waals surface area contributed by atoms with Gasteiger partial charge >= 0.3 is 5.97 Å². The van der Waals surface area contributed by atoms with E-state index in [-0.39, 0.29) is 18.1 Å². The molecule has 0 aliphatic heterocycles. The molecule has 0 atom stereocenters. The summed E-state index contributed by atoms with van der Waals surface area (Å²) in [5, 5.41) is 13.2. The first kappa shape index (κ1) is 16.0. The maximum atomic E-state index is 11.8. The number of aromatic nitrogens is 1. The number of amides is 1. The van der Waals surface area contributed by atoms with Gasteiger partial charge in [0.2, 0.25) is 5.91 Å². The number of hydrogen-bond donors (Lipinski definition) is 2. The lowest BCUT2D eigenvalue weighted by atomic mass is 10.3. The van der Waals surface area contributed by atoms with E-state index in [1.165, 1.54) is 23.1 Å². The third-order valence-electron chi connectivity index (χ3n) is 2.30. The summed E-state index contributed by atoms with van der Waals surface area (Å²) in [5.74, 6) is -0.815. The molecule has 0 spiro atoms. The second kappa shape index (κ2) is 7.58. The van der Waals surface area contributed by atoms with Gasteiger partial charge in [0.15, 0.2) is 4.34 Å². The highest BCUT2D eigenvalue weighted by atomic mass is 79.9. The van der Waals surface area contributed by atoms with Crippen LogP contribution in [0.25, 0.3) is 0 Å². The topological polar surface area (TPSA) is 79.3 Å². The molecule has 2 rings (SSSR count). The molecule has 8 heteroatoms. The predicted molar refractivity (Wildman–Crippen MR) is 86.9 cm³/mol. The minimum atomic E-state index is -0.913. The van der Waals surface area contributed by atoms with Gasteiger partial charge in [-0.2, -0.15) is 0 Å². The number of carboxylic acids is 1. The lowest BCUT2D eigenvalue weighted by Gasteiger charge is -2.04. The highest BCUT2D eigenvalue weighted by Gasteiger charge is 2.09. The van der Waals surface area contributed by atoms with Gasteiger partial charge in [-0.1, -0.05) is 33.8 Å². The Morgan fingerprint density at radius 1 is 1.43 bits per heavy atom. The number of nitrogens with one attached hydrogen (secondary N) is 1. The Labute approximate surface area is 137 Å². The number of anilines is 1. The summed E-state index contributed by atoms with van der Waals surface area (Å²) >= 11 is 5.97. The summed E-state index contributed by atoms with van der Waals surface area (Å²) in [6.07, 6.45) is -0.0959. The summed E-state index contributed by atoms with van der Waals surface area (Å²) < 4.78 is 1.59. The first-order valence-electron chi connectivity index (χ1n) is 5.87. The minimum absolute atomic E-state index is 0.0959. The van der Waals surface area contributed by atoms with Crippen LogP contribution in [-0.4, -0.2) is 27.7 Å². The Hall–Kier alpha value is -1.38. The average Bonchev–Trinajstić information content (AvgIpc) is 2.83. The van der Waals surface area contributed by atoms with Crippen molar-refractivity contribution in [1.29, 1.82) is 0 Å². The van der Waals surface area contributed by atoms with Gasteiger partial charge in [0.1, 0.15) is 0 Å². The molecule has 5 nitrogen and oxygen atoms in total. The van der Waals surface area contributed by atoms with E-state index in [0.717, 1.165) is 10.2 Å². The SMILES string of the molecule is O=C(O)Cc1csc(SCC(=O)Nc2cccc(Br)c2)n1. The van der Waals surface area contributed by atoms with Gasteiger partial charge in [-0.25, -0.2) is 4.98 Å². The molecule has 2 N–H and O–H groups in total. The zero-order chi connectivity index (χ0) is 15.2. The van der Waals surface area contributed by atoms with Crippen LogP contribution in [0.2, 0.25) is 0 Å². The van der Waals surface area contributed by atoms with Crippen molar-refractivity contribution < 1.29 is 14.7 Å². The fraction of sp³-hybridized carbons (Fsp3) is 0.154. The van der Waals surface area contributed by atoms with Crippen LogP contribution in [0.4, 0.5) is 5.69 Å². The highest BCUT2D eigenvalue weighted by Crippen LogP contribution is 2.23. The standard InChI is InChI=1S/C13H11BrN2O3S2/c14-8-2-1-3-9(4-8)15-11(17)7-21-13-16-10(6-20-13)5-12(18)19/h1-4,6H,5,7H2,(H,15,17)(H,18,19). The van der Waals surface area contributed by atoms with Crippen molar-refractivity contribution in [2.75, 3.05) is 11.1 Å². The third kappa shape index (κ3) is 5.49. The van der Waals surface area contributed by atoms with Crippen LogP contribution in [-0.2, 0) is 16.0 Å². The lowest BCUT2D eigenvalue weighted by molar-refractivity contribution is -0.136. The van der Waals surface area contributed by atoms with E-state index in [9.17, 15) is 9.59 Å². The molecule has 0 saturated heterocycles. The maximum Gasteiger partial charge on any atom is 0.309 e. The third-order valence-corrected chi connectivity index (χ3v) is 4.86. The molecule has 0 radical (unpaired) electrons. The summed E-state index contributed by atoms with van der Waals surface area (Å²) in [7, 11) is 0. The highest BCUT2D eigenvalue weighted by molar-refractivity contribution is 9.10. The molecule has 0 aliphatic rings. The summed E-state index contributed by atoms with van der Waals surface area (Å²) in [6.45, 7) is 0. The number of carboxylic acid groups (broad SMARTS) is 1. The Morgan fingerprint density at radius 2 is 2.24 bits per heavy atom. The van der Waals surface area contributed by atoms with E-state index < -0.39 is 5.97 Å². The van der Waals surface area contributed by atoms with Crippen LogP contribution < -0.4 is 5.32 Å². The number of benzene rings is 1. The molecule has 2 aromatic rings. The van der Waals surface area contributed by atoms with Gasteiger partial charge in [-0.15, -0.1) is 11.3 Å². The van der Waals surface area contributed by atoms with Gasteiger partial charge in [-0.3, -0.25) is 9.59 Å². The number of thioether (sulfide) groups is 1. The number of thiazole rings is 1. The minimum Gasteiger partial charge on any atom is -0.481 e. The largest absolute Gasteiger partial charge is 0.481 e. The molecule has 0 aliphatic carbocycles. The molecule has 0 unspecified atom stereocenters. The normalized spacial score (nSPS) is 10.3. The monoisotopic (exact) mass is 386 g/mol. The zero-order valence-electron chi connectivity index (χ0n) is 10.7. The second-order valence-corrected chi connectivity index (χ2v) is 7.02. The van der Waals surface area contributed by atoms with Gasteiger partial charge in [0.05, 0.1) is 17.9 Å². The van der Waals surface area contributed by atoms with Crippen LogP contribution in [0.1, 0.15) is 5.69 Å². The van der Waals surface area contributed by atoms with Crippen LogP contribution in [0.3, 0.4) is 0 Å². The molecular formula is C13H11BrN2O3S2. The van der Waals surface area contributed by atoms with E-state index >= 15 is 0 Å². The van der Waals surface area contributed by atoms with Gasteiger partial charge in [0, 0.05) is 15.5 Å². The zero-order valence-corrected chi connectivity index (χ0v) is 13.9. The molecule has 110 valence electrons. The van der Waals surface area contributed by atoms with Crippen LogP contribution in [0.5, 0.6) is 0 Å². The van der Waals surface area contributed by atoms with Gasteiger partial charge in [-0.05, 0) is 18.2 Å². The van der Waals surface area contributed by atoms with E-state index in [0.29, 0.717) is 10.0 Å². The molecule has 0 fully saturated rings. The smallest absolute Gasteiger partial charge is 0.309 e. The Balaban J connectivity index is 1.83. The van der Waals surface area contributed by atoms with E-state index in [4.69, 9.17) is 5.11 Å². The van der Waals surface area contributed by atoms with Crippen molar-refractivity contribution in [1.82, 2.24) is 4.98 Å². The molecule has 1 amide bonds. The maximum absolute atomic E-state index is 11.8. The first-order valence-corrected chi connectivity index (χ1v) is 8.53. The van der Waals surface area contributed by atoms with Crippen molar-refractivity contribution in [2.24, 2.45) is 0 Å². The molecule has 0 bridgehead atoms. The van der Waals surface area contributed by atoms with Gasteiger partial charge < -0.3 is 10.4 Å². The number of hydrogen-bond acceptors (Lipinski definition) is 5. The molecule has 1 aromatic heterocycles. The Kier molecular flexibility index (Phi) is 5.77.